The van der Waals surface area contributed by atoms with Crippen LogP contribution in [0.4, 0.5) is 4.79 Å². The summed E-state index contributed by atoms with van der Waals surface area (Å²) in [6, 6.07) is 0. The molecule has 38 heavy (non-hydrogen) atoms. The van der Waals surface area contributed by atoms with Crippen LogP contribution in [0, 0.1) is 20.1 Å². The number of amides is 2. The summed E-state index contributed by atoms with van der Waals surface area (Å²) < 4.78 is 23.2. The first-order valence-electron chi connectivity index (χ1n) is 12.2. The fourth-order valence-corrected chi connectivity index (χ4v) is 4.14. The monoisotopic (exact) mass is 552 g/mol. The molecule has 0 spiro atoms. The molecular formula is C23H33N6O8P. The zero-order chi connectivity index (χ0) is 27.9. The topological polar surface area (TPSA) is 159 Å². The molecule has 0 saturated carbocycles. The molecule has 15 heteroatoms. The van der Waals surface area contributed by atoms with E-state index in [0.29, 0.717) is 24.9 Å². The van der Waals surface area contributed by atoms with Crippen molar-refractivity contribution in [1.82, 2.24) is 20.2 Å². The van der Waals surface area contributed by atoms with Crippen LogP contribution < -0.4 is 21.9 Å². The largest absolute Gasteiger partial charge is 0.443 e. The summed E-state index contributed by atoms with van der Waals surface area (Å²) in [5.41, 5.74) is -0.688. The number of carbonyl (C=O) groups is 2. The highest BCUT2D eigenvalue weighted by atomic mass is 31.1. The Kier molecular flexibility index (Phi) is 13.5. The molecule has 1 aromatic rings. The van der Waals surface area contributed by atoms with Crippen molar-refractivity contribution in [2.24, 2.45) is 0 Å². The number of alkyl carbamates (subject to hydrolysis) is 1. The van der Waals surface area contributed by atoms with Crippen LogP contribution in [0.25, 0.3) is 9.69 Å². The van der Waals surface area contributed by atoms with Crippen LogP contribution in [0.3, 0.4) is 0 Å². The Morgan fingerprint density at radius 1 is 1.29 bits per heavy atom. The van der Waals surface area contributed by atoms with Gasteiger partial charge in [-0.2, -0.15) is 0 Å². The number of rotatable bonds is 15. The van der Waals surface area contributed by atoms with Crippen LogP contribution >= 0.6 is 9.03 Å². The average Bonchev–Trinajstić information content (AvgIpc) is 3.28. The van der Waals surface area contributed by atoms with E-state index in [1.54, 1.807) is 6.92 Å². The predicted molar refractivity (Wildman–Crippen MR) is 137 cm³/mol. The SMILES string of the molecule is [C-]#[N+]CCOPO[C@H](C[N+]#[C-])CC(=O)NCCCNC(=O)OC1C[C@H](n2cc(C)c(=O)[nH]c2=O)O[C@@H]1CC. The van der Waals surface area contributed by atoms with E-state index in [9.17, 15) is 19.2 Å². The van der Waals surface area contributed by atoms with Crippen LogP contribution in [0.2, 0.25) is 0 Å². The Morgan fingerprint density at radius 2 is 2.05 bits per heavy atom. The second-order valence-corrected chi connectivity index (χ2v) is 9.12. The van der Waals surface area contributed by atoms with Gasteiger partial charge in [0.1, 0.15) is 25.0 Å². The van der Waals surface area contributed by atoms with Crippen molar-refractivity contribution < 1.29 is 28.1 Å². The summed E-state index contributed by atoms with van der Waals surface area (Å²) in [5, 5.41) is 5.35. The third-order valence-electron chi connectivity index (χ3n) is 5.53. The summed E-state index contributed by atoms with van der Waals surface area (Å²) in [6.45, 7) is 18.2. The highest BCUT2D eigenvalue weighted by Crippen LogP contribution is 2.31. The molecule has 208 valence electrons. The number of aryl methyl sites for hydroxylation is 1. The molecule has 14 nitrogen and oxygen atoms in total. The van der Waals surface area contributed by atoms with Gasteiger partial charge in [-0.1, -0.05) is 6.92 Å². The second kappa shape index (κ2) is 16.5. The molecule has 0 aliphatic carbocycles. The Hall–Kier alpha value is -3.29. The summed E-state index contributed by atoms with van der Waals surface area (Å²) in [4.78, 5) is 56.9. The number of carbonyl (C=O) groups excluding carboxylic acids is 2. The van der Waals surface area contributed by atoms with Crippen molar-refractivity contribution in [3.05, 3.63) is 55.4 Å². The van der Waals surface area contributed by atoms with Crippen molar-refractivity contribution in [3.63, 3.8) is 0 Å². The maximum absolute atomic E-state index is 12.3. The van der Waals surface area contributed by atoms with Crippen LogP contribution in [0.5, 0.6) is 0 Å². The van der Waals surface area contributed by atoms with Crippen LogP contribution in [-0.2, 0) is 23.3 Å². The number of aromatic amines is 1. The molecule has 1 aliphatic heterocycles. The van der Waals surface area contributed by atoms with Gasteiger partial charge in [0.2, 0.25) is 19.0 Å². The highest BCUT2D eigenvalue weighted by molar-refractivity contribution is 7.26. The lowest BCUT2D eigenvalue weighted by Gasteiger charge is -2.17. The zero-order valence-corrected chi connectivity index (χ0v) is 22.4. The minimum absolute atomic E-state index is 0.00377. The number of nitrogens with one attached hydrogen (secondary N) is 3. The minimum Gasteiger partial charge on any atom is -0.443 e. The molecule has 0 aromatic carbocycles. The highest BCUT2D eigenvalue weighted by Gasteiger charge is 2.38. The van der Waals surface area contributed by atoms with Crippen LogP contribution in [-0.4, -0.2) is 72.6 Å². The van der Waals surface area contributed by atoms with E-state index in [0.717, 1.165) is 0 Å². The second-order valence-electron chi connectivity index (χ2n) is 8.42. The maximum atomic E-state index is 12.3. The van der Waals surface area contributed by atoms with E-state index >= 15 is 0 Å². The number of hydrogen-bond acceptors (Lipinski definition) is 8. The lowest BCUT2D eigenvalue weighted by molar-refractivity contribution is -0.122. The number of nitrogens with zero attached hydrogens (tertiary/aromatic N) is 3. The molecule has 1 fully saturated rings. The molecule has 0 bridgehead atoms. The number of ether oxygens (including phenoxy) is 2. The van der Waals surface area contributed by atoms with Gasteiger partial charge in [0.25, 0.3) is 5.56 Å². The molecular weight excluding hydrogens is 519 g/mol. The van der Waals surface area contributed by atoms with E-state index in [4.69, 9.17) is 31.7 Å². The van der Waals surface area contributed by atoms with Gasteiger partial charge in [0, 0.05) is 31.3 Å². The zero-order valence-electron chi connectivity index (χ0n) is 21.4. The lowest BCUT2D eigenvalue weighted by atomic mass is 10.1. The number of aromatic nitrogens is 2. The Balaban J connectivity index is 1.69. The van der Waals surface area contributed by atoms with Crippen LogP contribution in [0.15, 0.2) is 15.8 Å². The molecule has 1 aliphatic rings. The smallest absolute Gasteiger partial charge is 0.407 e. The van der Waals surface area contributed by atoms with E-state index < -0.39 is 41.9 Å². The summed E-state index contributed by atoms with van der Waals surface area (Å²) >= 11 is 0. The Morgan fingerprint density at radius 3 is 2.76 bits per heavy atom. The minimum atomic E-state index is -0.669. The van der Waals surface area contributed by atoms with Crippen molar-refractivity contribution in [2.45, 2.75) is 64.1 Å². The normalized spacial score (nSPS) is 19.5. The molecule has 2 heterocycles. The molecule has 1 aromatic heterocycles. The summed E-state index contributed by atoms with van der Waals surface area (Å²) in [7, 11) is -0.349. The fourth-order valence-electron chi connectivity index (χ4n) is 3.60. The standard InChI is InChI=1S/C23H33N6O8P/c1-5-17-18(12-20(35-17)29-14-15(2)21(31)28-22(29)32)36-23(33)27-8-6-7-26-19(30)11-16(13-25-4)37-38-34-10-9-24-3/h14,16-18,20,38H,5-13H2,1-2H3,(H,26,30)(H,27,33)(H,28,31,32)/t16-,17+,18?,20+/m0/s1. The van der Waals surface area contributed by atoms with Gasteiger partial charge >= 0.3 is 11.8 Å². The third-order valence-corrected chi connectivity index (χ3v) is 6.28. The molecule has 0 radical (unpaired) electrons. The van der Waals surface area contributed by atoms with Crippen molar-refractivity contribution in [1.29, 1.82) is 0 Å². The van der Waals surface area contributed by atoms with Gasteiger partial charge in [0.05, 0.1) is 12.5 Å². The fraction of sp³-hybridized carbons (Fsp3) is 0.652. The molecule has 2 amide bonds. The van der Waals surface area contributed by atoms with Crippen molar-refractivity contribution in [3.8, 4) is 0 Å². The lowest BCUT2D eigenvalue weighted by Crippen LogP contribution is -2.35. The maximum Gasteiger partial charge on any atom is 0.407 e. The van der Waals surface area contributed by atoms with E-state index in [-0.39, 0.29) is 54.0 Å². The quantitative estimate of drug-likeness (QED) is 0.167. The van der Waals surface area contributed by atoms with Crippen LogP contribution in [0.1, 0.15) is 44.4 Å². The summed E-state index contributed by atoms with van der Waals surface area (Å²) in [5.74, 6) is -0.292. The molecule has 3 N–H and O–H groups in total. The van der Waals surface area contributed by atoms with Gasteiger partial charge < -0.3 is 38.8 Å². The first-order valence-corrected chi connectivity index (χ1v) is 13.0. The molecule has 5 atom stereocenters. The number of hydrogen-bond donors (Lipinski definition) is 3. The Labute approximate surface area is 222 Å². The van der Waals surface area contributed by atoms with Gasteiger partial charge in [0.15, 0.2) is 9.03 Å². The molecule has 2 rings (SSSR count). The Bertz CT molecular complexity index is 1130. The molecule has 1 saturated heterocycles. The molecule has 2 unspecified atom stereocenters. The van der Waals surface area contributed by atoms with E-state index in [2.05, 4.69) is 25.3 Å². The van der Waals surface area contributed by atoms with Crippen molar-refractivity contribution in [2.75, 3.05) is 32.8 Å². The number of H-pyrrole nitrogens is 1. The van der Waals surface area contributed by atoms with Gasteiger partial charge in [-0.25, -0.2) is 22.7 Å². The van der Waals surface area contributed by atoms with E-state index in [1.807, 2.05) is 6.92 Å². The first-order chi connectivity index (χ1) is 18.3. The van der Waals surface area contributed by atoms with Crippen molar-refractivity contribution >= 4 is 21.0 Å². The first kappa shape index (κ1) is 30.9. The van der Waals surface area contributed by atoms with E-state index in [1.165, 1.54) is 10.8 Å². The van der Waals surface area contributed by atoms with Gasteiger partial charge in [-0.3, -0.25) is 19.1 Å². The van der Waals surface area contributed by atoms with Gasteiger partial charge in [-0.05, 0) is 19.8 Å². The van der Waals surface area contributed by atoms with Gasteiger partial charge in [-0.15, -0.1) is 0 Å². The summed E-state index contributed by atoms with van der Waals surface area (Å²) in [6.07, 6.45) is -0.210. The average molecular weight is 553 g/mol. The predicted octanol–water partition coefficient (Wildman–Crippen LogP) is 1.28. The third kappa shape index (κ3) is 10.2.